The van der Waals surface area contributed by atoms with E-state index in [9.17, 15) is 0 Å². The van der Waals surface area contributed by atoms with E-state index in [0.29, 0.717) is 5.41 Å². The molecule has 2 heteroatoms. The zero-order valence-electron chi connectivity index (χ0n) is 8.15. The summed E-state index contributed by atoms with van der Waals surface area (Å²) >= 11 is -0.861. The first-order valence-corrected chi connectivity index (χ1v) is 15.9. The third-order valence-corrected chi connectivity index (χ3v) is 10.1. The Morgan fingerprint density at radius 1 is 1.42 bits per heavy atom. The van der Waals surface area contributed by atoms with Crippen molar-refractivity contribution in [2.24, 2.45) is 23.2 Å². The summed E-state index contributed by atoms with van der Waals surface area (Å²) in [5, 5.41) is 0. The van der Waals surface area contributed by atoms with Crippen molar-refractivity contribution < 1.29 is 23.3 Å². The molecule has 3 saturated carbocycles. The fourth-order valence-electron chi connectivity index (χ4n) is 3.45. The van der Waals surface area contributed by atoms with Gasteiger partial charge in [0.05, 0.1) is 0 Å². The van der Waals surface area contributed by atoms with E-state index in [2.05, 4.69) is 13.8 Å². The molecule has 3 rings (SSSR count). The van der Waals surface area contributed by atoms with E-state index in [1.807, 2.05) is 0 Å². The Morgan fingerprint density at radius 2 is 2.17 bits per heavy atom. The van der Waals surface area contributed by atoms with Gasteiger partial charge < -0.3 is 0 Å². The van der Waals surface area contributed by atoms with Gasteiger partial charge in [-0.3, -0.25) is 0 Å². The minimum atomic E-state index is -0.861. The first-order valence-electron chi connectivity index (χ1n) is 5.22. The molecule has 0 heterocycles. The molecule has 0 saturated heterocycles. The van der Waals surface area contributed by atoms with Crippen molar-refractivity contribution in [1.29, 1.82) is 0 Å². The van der Waals surface area contributed by atoms with E-state index >= 15 is 0 Å². The predicted molar refractivity (Wildman–Crippen MR) is 48.8 cm³/mol. The molecular formula is C10H17ClHg. The van der Waals surface area contributed by atoms with Gasteiger partial charge in [0.25, 0.3) is 0 Å². The van der Waals surface area contributed by atoms with Crippen LogP contribution in [0.4, 0.5) is 0 Å². The Balaban J connectivity index is 2.01. The van der Waals surface area contributed by atoms with Gasteiger partial charge >= 0.3 is 91.8 Å². The van der Waals surface area contributed by atoms with Gasteiger partial charge in [0.1, 0.15) is 0 Å². The first-order chi connectivity index (χ1) is 5.66. The first kappa shape index (κ1) is 9.77. The van der Waals surface area contributed by atoms with Crippen molar-refractivity contribution in [3.63, 3.8) is 0 Å². The molecule has 0 aromatic heterocycles. The maximum atomic E-state index is 6.03. The van der Waals surface area contributed by atoms with Gasteiger partial charge in [0.2, 0.25) is 0 Å². The van der Waals surface area contributed by atoms with E-state index in [0.717, 1.165) is 17.8 Å². The molecule has 3 aliphatic rings. The van der Waals surface area contributed by atoms with Gasteiger partial charge in [-0.1, -0.05) is 0 Å². The standard InChI is InChI=1S/C10H17.ClH.Hg/c1-7-4-5-8-6-9(7)10(8,2)3;;/h7-9H,1,4-6H2,2-3H3;1H;/q;;+1/p-1/t7-,8-,9-;;/m0../s1. The molecule has 0 aromatic carbocycles. The summed E-state index contributed by atoms with van der Waals surface area (Å²) in [4.78, 5) is 0. The number of halogens is 1. The minimum absolute atomic E-state index is 0.683. The number of hydrogen-bond acceptors (Lipinski definition) is 0. The Bertz CT molecular complexity index is 175. The van der Waals surface area contributed by atoms with Crippen LogP contribution >= 0.6 is 8.25 Å². The number of hydrogen-bond donors (Lipinski definition) is 0. The molecule has 0 N–H and O–H groups in total. The predicted octanol–water partition coefficient (Wildman–Crippen LogP) is 3.71. The van der Waals surface area contributed by atoms with E-state index in [1.165, 1.54) is 23.2 Å². The van der Waals surface area contributed by atoms with E-state index in [4.69, 9.17) is 8.25 Å². The zero-order chi connectivity index (χ0) is 8.77. The molecule has 0 amide bonds. The molecular weight excluding hydrogens is 356 g/mol. The molecule has 0 aromatic rings. The second-order valence-corrected chi connectivity index (χ2v) is 12.2. The van der Waals surface area contributed by atoms with Crippen molar-refractivity contribution in [3.8, 4) is 0 Å². The quantitative estimate of drug-likeness (QED) is 0.648. The zero-order valence-corrected chi connectivity index (χ0v) is 14.4. The van der Waals surface area contributed by atoms with E-state index in [1.54, 1.807) is 0 Å². The van der Waals surface area contributed by atoms with Crippen LogP contribution in [-0.4, -0.2) is 0 Å². The van der Waals surface area contributed by atoms with Gasteiger partial charge in [-0.15, -0.1) is 0 Å². The van der Waals surface area contributed by atoms with Crippen molar-refractivity contribution in [2.75, 3.05) is 0 Å². The molecule has 0 spiro atoms. The van der Waals surface area contributed by atoms with Gasteiger partial charge in [-0.25, -0.2) is 0 Å². The van der Waals surface area contributed by atoms with Crippen LogP contribution in [0.1, 0.15) is 33.1 Å². The fourth-order valence-corrected chi connectivity index (χ4v) is 9.68. The van der Waals surface area contributed by atoms with Crippen molar-refractivity contribution in [2.45, 2.75) is 37.0 Å². The molecule has 2 bridgehead atoms. The number of fused-ring (bicyclic) bond motifs is 2. The van der Waals surface area contributed by atoms with Crippen molar-refractivity contribution in [3.05, 3.63) is 0 Å². The summed E-state index contributed by atoms with van der Waals surface area (Å²) in [6.07, 6.45) is 4.53. The van der Waals surface area contributed by atoms with E-state index in [-0.39, 0.29) is 0 Å². The van der Waals surface area contributed by atoms with Gasteiger partial charge in [-0.05, 0) is 0 Å². The molecule has 3 fully saturated rings. The van der Waals surface area contributed by atoms with Crippen molar-refractivity contribution in [1.82, 2.24) is 0 Å². The van der Waals surface area contributed by atoms with Gasteiger partial charge in [-0.2, -0.15) is 0 Å². The van der Waals surface area contributed by atoms with Gasteiger partial charge in [0.15, 0.2) is 0 Å². The molecule has 66 valence electrons. The van der Waals surface area contributed by atoms with Crippen molar-refractivity contribution >= 4 is 8.25 Å². The molecule has 0 nitrogen and oxygen atoms in total. The summed E-state index contributed by atoms with van der Waals surface area (Å²) in [6, 6.07) is 0. The average Bonchev–Trinajstić information content (AvgIpc) is 2.05. The van der Waals surface area contributed by atoms with Gasteiger partial charge in [0, 0.05) is 0 Å². The third-order valence-electron chi connectivity index (χ3n) is 4.48. The Morgan fingerprint density at radius 3 is 2.67 bits per heavy atom. The third kappa shape index (κ3) is 1.37. The molecule has 0 unspecified atom stereocenters. The summed E-state index contributed by atoms with van der Waals surface area (Å²) in [5.41, 5.74) is 0.683. The summed E-state index contributed by atoms with van der Waals surface area (Å²) in [5.74, 6) is 3.16. The second kappa shape index (κ2) is 3.42. The fraction of sp³-hybridized carbons (Fsp3) is 1.00. The molecule has 3 atom stereocenters. The molecule has 12 heavy (non-hydrogen) atoms. The van der Waals surface area contributed by atoms with Crippen LogP contribution in [0.3, 0.4) is 0 Å². The summed E-state index contributed by atoms with van der Waals surface area (Å²) in [6.45, 7) is 4.95. The van der Waals surface area contributed by atoms with Crippen LogP contribution in [0.15, 0.2) is 0 Å². The maximum absolute atomic E-state index is 6.03. The number of rotatable bonds is 2. The average molecular weight is 373 g/mol. The molecule has 0 aliphatic heterocycles. The van der Waals surface area contributed by atoms with Crippen LogP contribution in [0, 0.1) is 23.2 Å². The summed E-state index contributed by atoms with van der Waals surface area (Å²) < 4.78 is 1.47. The Hall–Kier alpha value is 1.23. The monoisotopic (exact) mass is 374 g/mol. The second-order valence-electron chi connectivity index (χ2n) is 5.18. The van der Waals surface area contributed by atoms with E-state index < -0.39 is 23.3 Å². The Kier molecular flexibility index (Phi) is 2.78. The summed E-state index contributed by atoms with van der Waals surface area (Å²) in [7, 11) is 6.03. The van der Waals surface area contributed by atoms with Crippen LogP contribution in [0.25, 0.3) is 0 Å². The normalized spacial score (nSPS) is 43.1. The van der Waals surface area contributed by atoms with Crippen LogP contribution in [-0.2, 0) is 23.3 Å². The molecule has 0 radical (unpaired) electrons. The molecule has 3 aliphatic carbocycles. The SMILES string of the molecule is CC1(C)[C@H]2CC[C@H]([CH2][Hg][Cl])[C@@H]1C2. The van der Waals surface area contributed by atoms with Crippen LogP contribution in [0.2, 0.25) is 3.93 Å². The topological polar surface area (TPSA) is 0 Å². The van der Waals surface area contributed by atoms with Crippen LogP contribution in [0.5, 0.6) is 0 Å². The Labute approximate surface area is 91.3 Å². The van der Waals surface area contributed by atoms with Crippen LogP contribution < -0.4 is 0 Å².